The van der Waals surface area contributed by atoms with Crippen molar-refractivity contribution in [3.63, 3.8) is 0 Å². The molecular formula is C42H55N7O5S. The second kappa shape index (κ2) is 16.9. The number of fused-ring (bicyclic) bond motifs is 1. The summed E-state index contributed by atoms with van der Waals surface area (Å²) >= 11 is 0. The first-order valence-corrected chi connectivity index (χ1v) is 20.3. The van der Waals surface area contributed by atoms with Gasteiger partial charge in [0.25, 0.3) is 10.0 Å². The van der Waals surface area contributed by atoms with E-state index in [4.69, 9.17) is 19.7 Å². The molecule has 0 bridgehead atoms. The molecule has 2 aromatic carbocycles. The van der Waals surface area contributed by atoms with Crippen molar-refractivity contribution in [1.82, 2.24) is 29.8 Å². The fraction of sp³-hybridized carbons (Fsp3) is 0.452. The maximum Gasteiger partial charge on any atom is 0.335 e. The Labute approximate surface area is 325 Å². The van der Waals surface area contributed by atoms with Crippen LogP contribution in [0.2, 0.25) is 0 Å². The summed E-state index contributed by atoms with van der Waals surface area (Å²) in [6.45, 7) is 19.8. The average Bonchev–Trinajstić information content (AvgIpc) is 3.44. The fourth-order valence-corrected chi connectivity index (χ4v) is 7.74. The maximum absolute atomic E-state index is 13.7. The van der Waals surface area contributed by atoms with E-state index in [1.54, 1.807) is 6.20 Å². The Balaban J connectivity index is 1.51. The number of hydrogen-bond donors (Lipinski definition) is 3. The number of aromatic carboxylic acids is 1. The molecule has 0 radical (unpaired) electrons. The van der Waals surface area contributed by atoms with Crippen LogP contribution in [0.3, 0.4) is 0 Å². The van der Waals surface area contributed by atoms with Crippen LogP contribution in [0, 0.1) is 25.2 Å². The van der Waals surface area contributed by atoms with Crippen molar-refractivity contribution in [2.45, 2.75) is 105 Å². The van der Waals surface area contributed by atoms with Crippen molar-refractivity contribution in [3.05, 3.63) is 88.4 Å². The quantitative estimate of drug-likeness (QED) is 0.0892. The third-order valence-corrected chi connectivity index (χ3v) is 10.9. The molecule has 0 amide bonds. The molecule has 294 valence electrons. The molecule has 3 N–H and O–H groups in total. The number of rotatable bonds is 16. The van der Waals surface area contributed by atoms with Gasteiger partial charge in [-0.15, -0.1) is 0 Å². The molecule has 0 aliphatic rings. The van der Waals surface area contributed by atoms with E-state index < -0.39 is 16.0 Å². The molecule has 0 unspecified atom stereocenters. The Morgan fingerprint density at radius 3 is 2.40 bits per heavy atom. The Hall–Kier alpha value is -4.88. The molecule has 55 heavy (non-hydrogen) atoms. The number of aryl methyl sites for hydroxylation is 3. The van der Waals surface area contributed by atoms with Crippen molar-refractivity contribution in [3.8, 4) is 17.1 Å². The van der Waals surface area contributed by atoms with Crippen molar-refractivity contribution in [2.75, 3.05) is 11.3 Å². The first-order chi connectivity index (χ1) is 25.8. The predicted octanol–water partition coefficient (Wildman–Crippen LogP) is 8.23. The van der Waals surface area contributed by atoms with Gasteiger partial charge in [-0.1, -0.05) is 72.7 Å². The molecule has 3 aromatic heterocycles. The van der Waals surface area contributed by atoms with Crippen molar-refractivity contribution >= 4 is 33.1 Å². The molecule has 0 saturated carbocycles. The van der Waals surface area contributed by atoms with Gasteiger partial charge in [0.1, 0.15) is 12.1 Å². The molecule has 0 saturated heterocycles. The highest BCUT2D eigenvalue weighted by atomic mass is 32.2. The Bertz CT molecular complexity index is 2280. The van der Waals surface area contributed by atoms with E-state index in [9.17, 15) is 18.3 Å². The number of ether oxygens (including phenoxy) is 1. The van der Waals surface area contributed by atoms with E-state index in [1.807, 2.05) is 33.0 Å². The van der Waals surface area contributed by atoms with Crippen LogP contribution in [-0.2, 0) is 30.0 Å². The van der Waals surface area contributed by atoms with Gasteiger partial charge < -0.3 is 19.7 Å². The number of carboxylic acid groups (broad SMARTS) is 1. The number of benzene rings is 2. The van der Waals surface area contributed by atoms with Crippen LogP contribution in [0.25, 0.3) is 22.4 Å². The highest BCUT2D eigenvalue weighted by molar-refractivity contribution is 7.92. The number of carbonyl (C=O) groups is 1. The molecule has 0 aliphatic carbocycles. The minimum Gasteiger partial charge on any atom is -0.478 e. The molecule has 12 nitrogen and oxygen atoms in total. The number of nitrogens with one attached hydrogen (secondary N) is 2. The SMILES string of the molecule is Cc1cccc(CCC(C)C)c1-c1nc(NS(=O)(=O)c2cccc(C(=O)O)c2)nc(OC[C@@H](CC(C)(C)C)NCc2cnc3cc(C(C)C)n(C)c3n2)c1C. The molecular weight excluding hydrogens is 715 g/mol. The lowest BCUT2D eigenvalue weighted by Crippen LogP contribution is -2.38. The number of anilines is 1. The van der Waals surface area contributed by atoms with Gasteiger partial charge in [0.15, 0.2) is 5.65 Å². The summed E-state index contributed by atoms with van der Waals surface area (Å²) in [7, 11) is -2.26. The van der Waals surface area contributed by atoms with Crippen LogP contribution in [0.4, 0.5) is 5.95 Å². The van der Waals surface area contributed by atoms with Gasteiger partial charge in [0.2, 0.25) is 11.8 Å². The third kappa shape index (κ3) is 10.3. The van der Waals surface area contributed by atoms with Crippen LogP contribution >= 0.6 is 0 Å². The summed E-state index contributed by atoms with van der Waals surface area (Å²) in [5.41, 5.74) is 7.69. The Morgan fingerprint density at radius 2 is 1.73 bits per heavy atom. The largest absolute Gasteiger partial charge is 0.478 e. The van der Waals surface area contributed by atoms with E-state index in [0.29, 0.717) is 29.6 Å². The molecule has 5 rings (SSSR count). The summed E-state index contributed by atoms with van der Waals surface area (Å²) < 4.78 is 38.5. The highest BCUT2D eigenvalue weighted by Gasteiger charge is 2.25. The summed E-state index contributed by atoms with van der Waals surface area (Å²) in [5.74, 6) is -0.346. The third-order valence-electron chi connectivity index (χ3n) is 9.57. The van der Waals surface area contributed by atoms with Gasteiger partial charge >= 0.3 is 5.97 Å². The van der Waals surface area contributed by atoms with Crippen LogP contribution in [0.15, 0.2) is 59.6 Å². The van der Waals surface area contributed by atoms with Crippen LogP contribution in [0.1, 0.15) is 106 Å². The van der Waals surface area contributed by atoms with Gasteiger partial charge in [-0.05, 0) is 85.8 Å². The average molecular weight is 770 g/mol. The standard InChI is InChI=1S/C42H55N7O5S/c1-25(2)17-18-29-14-11-13-27(5)36(29)37-28(6)39(47-41(46-37)48-55(52,53)33-16-12-15-30(19-33)40(50)51)54-24-31(21-42(7,8)9)43-22-32-23-44-34-20-35(26(3)4)49(10)38(34)45-32/h11-16,19-20,23,25-26,31,43H,17-18,21-22,24H2,1-10H3,(H,50,51)(H,46,47,48)/t31-/m1/s1. The van der Waals surface area contributed by atoms with Gasteiger partial charge in [-0.2, -0.15) is 4.98 Å². The summed E-state index contributed by atoms with van der Waals surface area (Å²) in [6, 6.07) is 13.2. The topological polar surface area (TPSA) is 161 Å². The zero-order chi connectivity index (χ0) is 40.2. The molecule has 5 aromatic rings. The van der Waals surface area contributed by atoms with Gasteiger partial charge in [-0.25, -0.2) is 27.9 Å². The van der Waals surface area contributed by atoms with E-state index in [0.717, 1.165) is 58.9 Å². The van der Waals surface area contributed by atoms with E-state index in [1.165, 1.54) is 23.9 Å². The van der Waals surface area contributed by atoms with E-state index in [2.05, 4.69) is 80.2 Å². The zero-order valence-corrected chi connectivity index (χ0v) is 34.5. The van der Waals surface area contributed by atoms with Gasteiger partial charge in [0.05, 0.1) is 28.0 Å². The van der Waals surface area contributed by atoms with Crippen LogP contribution in [0.5, 0.6) is 5.88 Å². The number of aromatic nitrogens is 5. The molecule has 1 atom stereocenters. The van der Waals surface area contributed by atoms with E-state index in [-0.39, 0.29) is 40.4 Å². The monoisotopic (exact) mass is 769 g/mol. The zero-order valence-electron chi connectivity index (χ0n) is 33.7. The molecule has 3 heterocycles. The summed E-state index contributed by atoms with van der Waals surface area (Å²) in [5, 5.41) is 13.1. The van der Waals surface area contributed by atoms with Crippen molar-refractivity contribution in [1.29, 1.82) is 0 Å². The lowest BCUT2D eigenvalue weighted by molar-refractivity contribution is 0.0696. The van der Waals surface area contributed by atoms with Gasteiger partial charge in [-0.3, -0.25) is 4.98 Å². The van der Waals surface area contributed by atoms with Crippen LogP contribution in [-0.4, -0.2) is 56.6 Å². The normalized spacial score (nSPS) is 12.8. The fourth-order valence-electron chi connectivity index (χ4n) is 6.75. The second-order valence-corrected chi connectivity index (χ2v) is 18.0. The summed E-state index contributed by atoms with van der Waals surface area (Å²) in [6.07, 6.45) is 4.34. The number of carboxylic acids is 1. The lowest BCUT2D eigenvalue weighted by Gasteiger charge is -2.27. The first kappa shape index (κ1) is 41.3. The minimum absolute atomic E-state index is 0.0510. The smallest absolute Gasteiger partial charge is 0.335 e. The molecule has 0 spiro atoms. The number of sulfonamides is 1. The molecule has 13 heteroatoms. The number of nitrogens with zero attached hydrogens (tertiary/aromatic N) is 5. The highest BCUT2D eigenvalue weighted by Crippen LogP contribution is 2.35. The second-order valence-electron chi connectivity index (χ2n) is 16.3. The van der Waals surface area contributed by atoms with Crippen LogP contribution < -0.4 is 14.8 Å². The maximum atomic E-state index is 13.7. The van der Waals surface area contributed by atoms with Crippen molar-refractivity contribution in [2.24, 2.45) is 18.4 Å². The Morgan fingerprint density at radius 1 is 1.00 bits per heavy atom. The minimum atomic E-state index is -4.28. The summed E-state index contributed by atoms with van der Waals surface area (Å²) in [4.78, 5) is 30.5. The van der Waals surface area contributed by atoms with Gasteiger partial charge in [0, 0.05) is 36.5 Å². The molecule has 0 fully saturated rings. The first-order valence-electron chi connectivity index (χ1n) is 18.8. The van der Waals surface area contributed by atoms with E-state index >= 15 is 0 Å². The lowest BCUT2D eigenvalue weighted by atomic mass is 9.88. The van der Waals surface area contributed by atoms with Crippen molar-refractivity contribution < 1.29 is 23.1 Å². The predicted molar refractivity (Wildman–Crippen MR) is 217 cm³/mol. The molecule has 0 aliphatic heterocycles. The number of hydrogen-bond acceptors (Lipinski definition) is 9. The Kier molecular flexibility index (Phi) is 12.7.